The van der Waals surface area contributed by atoms with Gasteiger partial charge in [-0.1, -0.05) is 10.2 Å². The van der Waals surface area contributed by atoms with Crippen LogP contribution in [0.1, 0.15) is 10.7 Å². The Morgan fingerprint density at radius 2 is 2.18 bits per heavy atom. The lowest BCUT2D eigenvalue weighted by Crippen LogP contribution is -2.08. The molecule has 6 nitrogen and oxygen atoms in total. The Labute approximate surface area is 62.4 Å². The van der Waals surface area contributed by atoms with Crippen LogP contribution in [-0.2, 0) is 0 Å². The molecule has 11 heavy (non-hydrogen) atoms. The van der Waals surface area contributed by atoms with Crippen LogP contribution in [0.2, 0.25) is 0 Å². The largest absolute Gasteiger partial charge is 0.474 e. The van der Waals surface area contributed by atoms with Gasteiger partial charge in [-0.2, -0.15) is 0 Å². The summed E-state index contributed by atoms with van der Waals surface area (Å²) < 4.78 is 4.71. The fourth-order valence-corrected chi connectivity index (χ4v) is 0.483. The predicted molar refractivity (Wildman–Crippen MR) is 35.6 cm³/mol. The van der Waals surface area contributed by atoms with Crippen LogP contribution < -0.4 is 4.90 Å². The molecule has 6 heteroatoms. The highest BCUT2D eigenvalue weighted by molar-refractivity contribution is 5.82. The van der Waals surface area contributed by atoms with Gasteiger partial charge < -0.3 is 14.4 Å². The Morgan fingerprint density at radius 1 is 1.55 bits per heavy atom. The molecule has 1 heterocycles. The maximum atomic E-state index is 10.2. The molecule has 0 saturated heterocycles. The minimum absolute atomic E-state index is 0.183. The number of carboxylic acids is 1. The van der Waals surface area contributed by atoms with E-state index in [1.807, 2.05) is 0 Å². The number of rotatable bonds is 2. The van der Waals surface area contributed by atoms with Gasteiger partial charge in [0.25, 0.3) is 0 Å². The summed E-state index contributed by atoms with van der Waals surface area (Å²) in [5.74, 6) is -1.61. The first-order chi connectivity index (χ1) is 5.11. The summed E-state index contributed by atoms with van der Waals surface area (Å²) in [5.41, 5.74) is 0. The van der Waals surface area contributed by atoms with E-state index in [1.165, 1.54) is 4.90 Å². The average molecular weight is 157 g/mol. The summed E-state index contributed by atoms with van der Waals surface area (Å²) in [6, 6.07) is 0.183. The Kier molecular flexibility index (Phi) is 1.75. The molecule has 1 rings (SSSR count). The van der Waals surface area contributed by atoms with Crippen LogP contribution in [0, 0.1) is 0 Å². The number of nitrogens with zero attached hydrogens (tertiary/aromatic N) is 3. The zero-order valence-corrected chi connectivity index (χ0v) is 6.11. The first kappa shape index (κ1) is 7.52. The number of anilines is 1. The summed E-state index contributed by atoms with van der Waals surface area (Å²) in [5, 5.41) is 15.1. The number of carboxylic acid groups (broad SMARTS) is 1. The molecular formula is C5H7N3O3. The standard InChI is InChI=1S/C5H7N3O3/c1-8(2)5-7-6-3(11-5)4(9)10/h1-2H3,(H,9,10). The van der Waals surface area contributed by atoms with E-state index in [-0.39, 0.29) is 6.01 Å². The van der Waals surface area contributed by atoms with E-state index in [0.717, 1.165) is 0 Å². The highest BCUT2D eigenvalue weighted by atomic mass is 16.4. The number of aromatic carboxylic acids is 1. The summed E-state index contributed by atoms with van der Waals surface area (Å²) in [4.78, 5) is 11.7. The molecule has 0 aliphatic rings. The topological polar surface area (TPSA) is 79.5 Å². The van der Waals surface area contributed by atoms with Crippen molar-refractivity contribution in [2.75, 3.05) is 19.0 Å². The lowest BCUT2D eigenvalue weighted by Gasteiger charge is -2.01. The van der Waals surface area contributed by atoms with E-state index < -0.39 is 11.9 Å². The molecule has 1 aromatic heterocycles. The van der Waals surface area contributed by atoms with Gasteiger partial charge in [-0.15, -0.1) is 0 Å². The molecule has 0 fully saturated rings. The minimum atomic E-state index is -1.22. The molecule has 0 spiro atoms. The second kappa shape index (κ2) is 2.57. The zero-order valence-electron chi connectivity index (χ0n) is 6.11. The Bertz CT molecular complexity index is 268. The third-order valence-electron chi connectivity index (χ3n) is 0.980. The normalized spacial score (nSPS) is 9.64. The third kappa shape index (κ3) is 1.46. The van der Waals surface area contributed by atoms with Crippen LogP contribution in [0.4, 0.5) is 6.01 Å². The van der Waals surface area contributed by atoms with Crippen LogP contribution in [0.15, 0.2) is 4.42 Å². The summed E-state index contributed by atoms with van der Waals surface area (Å²) in [7, 11) is 3.36. The van der Waals surface area contributed by atoms with Crippen molar-refractivity contribution in [2.24, 2.45) is 0 Å². The molecule has 0 unspecified atom stereocenters. The molecule has 0 aliphatic heterocycles. The van der Waals surface area contributed by atoms with E-state index in [0.29, 0.717) is 0 Å². The van der Waals surface area contributed by atoms with Crippen LogP contribution in [0.25, 0.3) is 0 Å². The zero-order chi connectivity index (χ0) is 8.43. The predicted octanol–water partition coefficient (Wildman–Crippen LogP) is -0.166. The molecule has 1 aromatic rings. The highest BCUT2D eigenvalue weighted by Gasteiger charge is 2.13. The average Bonchev–Trinajstić information content (AvgIpc) is 2.33. The summed E-state index contributed by atoms with van der Waals surface area (Å²) in [6.07, 6.45) is 0. The third-order valence-corrected chi connectivity index (χ3v) is 0.980. The summed E-state index contributed by atoms with van der Waals surface area (Å²) in [6.45, 7) is 0. The van der Waals surface area contributed by atoms with Gasteiger partial charge >= 0.3 is 17.9 Å². The second-order valence-electron chi connectivity index (χ2n) is 2.09. The van der Waals surface area contributed by atoms with Crippen molar-refractivity contribution in [3.63, 3.8) is 0 Å². The molecule has 0 aliphatic carbocycles. The number of hydrogen-bond donors (Lipinski definition) is 1. The van der Waals surface area contributed by atoms with Gasteiger partial charge in [0.05, 0.1) is 0 Å². The van der Waals surface area contributed by atoms with Gasteiger partial charge in [0.2, 0.25) is 0 Å². The Hall–Kier alpha value is -1.59. The molecule has 0 amide bonds. The maximum absolute atomic E-state index is 10.2. The maximum Gasteiger partial charge on any atom is 0.393 e. The van der Waals surface area contributed by atoms with Crippen molar-refractivity contribution >= 4 is 12.0 Å². The number of hydrogen-bond acceptors (Lipinski definition) is 5. The van der Waals surface area contributed by atoms with Crippen LogP contribution in [0.3, 0.4) is 0 Å². The van der Waals surface area contributed by atoms with E-state index in [1.54, 1.807) is 14.1 Å². The highest BCUT2D eigenvalue weighted by Crippen LogP contribution is 2.07. The number of carbonyl (C=O) groups is 1. The van der Waals surface area contributed by atoms with Crippen LogP contribution in [-0.4, -0.2) is 35.4 Å². The van der Waals surface area contributed by atoms with Crippen molar-refractivity contribution in [1.29, 1.82) is 0 Å². The van der Waals surface area contributed by atoms with Gasteiger partial charge in [0.15, 0.2) is 0 Å². The van der Waals surface area contributed by atoms with Crippen molar-refractivity contribution in [1.82, 2.24) is 10.2 Å². The van der Waals surface area contributed by atoms with Crippen molar-refractivity contribution < 1.29 is 14.3 Å². The van der Waals surface area contributed by atoms with Crippen LogP contribution >= 0.6 is 0 Å². The molecule has 1 N–H and O–H groups in total. The fraction of sp³-hybridized carbons (Fsp3) is 0.400. The van der Waals surface area contributed by atoms with Crippen LogP contribution in [0.5, 0.6) is 0 Å². The Balaban J connectivity index is 2.90. The molecule has 0 atom stereocenters. The van der Waals surface area contributed by atoms with E-state index in [4.69, 9.17) is 9.52 Å². The van der Waals surface area contributed by atoms with E-state index >= 15 is 0 Å². The van der Waals surface area contributed by atoms with Crippen molar-refractivity contribution in [3.8, 4) is 0 Å². The first-order valence-electron chi connectivity index (χ1n) is 2.85. The van der Waals surface area contributed by atoms with E-state index in [9.17, 15) is 4.79 Å². The molecule has 60 valence electrons. The van der Waals surface area contributed by atoms with Crippen molar-refractivity contribution in [2.45, 2.75) is 0 Å². The molecule has 0 radical (unpaired) electrons. The molecule has 0 aromatic carbocycles. The smallest absolute Gasteiger partial charge is 0.393 e. The molecule has 0 saturated carbocycles. The minimum Gasteiger partial charge on any atom is -0.474 e. The first-order valence-corrected chi connectivity index (χ1v) is 2.85. The van der Waals surface area contributed by atoms with Gasteiger partial charge in [-0.25, -0.2) is 4.79 Å². The SMILES string of the molecule is CN(C)c1nnc(C(=O)O)o1. The lowest BCUT2D eigenvalue weighted by atomic mass is 10.7. The number of aromatic nitrogens is 2. The Morgan fingerprint density at radius 3 is 2.45 bits per heavy atom. The van der Waals surface area contributed by atoms with Gasteiger partial charge in [-0.05, 0) is 0 Å². The quantitative estimate of drug-likeness (QED) is 0.642. The van der Waals surface area contributed by atoms with Crippen molar-refractivity contribution in [3.05, 3.63) is 5.89 Å². The van der Waals surface area contributed by atoms with Gasteiger partial charge in [-0.3, -0.25) is 0 Å². The lowest BCUT2D eigenvalue weighted by molar-refractivity contribution is 0.0654. The van der Waals surface area contributed by atoms with Gasteiger partial charge in [0.1, 0.15) is 0 Å². The van der Waals surface area contributed by atoms with Gasteiger partial charge in [0, 0.05) is 14.1 Å². The monoisotopic (exact) mass is 157 g/mol. The molecular weight excluding hydrogens is 150 g/mol. The molecule has 0 bridgehead atoms. The van der Waals surface area contributed by atoms with E-state index in [2.05, 4.69) is 10.2 Å². The fourth-order valence-electron chi connectivity index (χ4n) is 0.483. The second-order valence-corrected chi connectivity index (χ2v) is 2.09. The summed E-state index contributed by atoms with van der Waals surface area (Å²) >= 11 is 0.